The van der Waals surface area contributed by atoms with E-state index in [2.05, 4.69) is 26.0 Å². The zero-order valence-electron chi connectivity index (χ0n) is 27.9. The van der Waals surface area contributed by atoms with Crippen LogP contribution >= 0.6 is 0 Å². The molecule has 5 heteroatoms. The number of aliphatic hydroxyl groups excluding tert-OH is 2. The third-order valence-corrected chi connectivity index (χ3v) is 8.77. The van der Waals surface area contributed by atoms with Gasteiger partial charge in [0.2, 0.25) is 0 Å². The Morgan fingerprint density at radius 2 is 0.952 bits per heavy atom. The Morgan fingerprint density at radius 1 is 0.571 bits per heavy atom. The molecule has 0 rings (SSSR count). The standard InChI is InChI=1S/C37H70O5/c1-3-5-7-9-11-13-15-16-17-18-20-22-24-26-28-30-35(40)34(31-36(41)37(42,32-38)33-39)29-27-25-23-21-19-14-12-10-8-6-4-2/h16-17,34,38-39,42H,3-15,18-33H2,1-2H3. The van der Waals surface area contributed by atoms with Crippen molar-refractivity contribution in [3.63, 3.8) is 0 Å². The van der Waals surface area contributed by atoms with Crippen LogP contribution in [0.4, 0.5) is 0 Å². The SMILES string of the molecule is CCCCCCCCC=CCCCCCCCC(=O)C(CCCCCCCCCCCCC)CC(=O)C(O)(CO)CO. The summed E-state index contributed by atoms with van der Waals surface area (Å²) in [5.74, 6) is -0.970. The van der Waals surface area contributed by atoms with Gasteiger partial charge in [-0.15, -0.1) is 0 Å². The van der Waals surface area contributed by atoms with Crippen LogP contribution in [0, 0.1) is 5.92 Å². The topological polar surface area (TPSA) is 94.8 Å². The molecule has 0 aliphatic heterocycles. The molecule has 0 aromatic rings. The molecule has 3 N–H and O–H groups in total. The van der Waals surface area contributed by atoms with Crippen LogP contribution in [0.5, 0.6) is 0 Å². The molecule has 0 saturated carbocycles. The van der Waals surface area contributed by atoms with Gasteiger partial charge in [-0.25, -0.2) is 0 Å². The van der Waals surface area contributed by atoms with Crippen LogP contribution < -0.4 is 0 Å². The van der Waals surface area contributed by atoms with Crippen LogP contribution in [-0.4, -0.2) is 45.7 Å². The van der Waals surface area contributed by atoms with Gasteiger partial charge in [-0.05, 0) is 38.5 Å². The van der Waals surface area contributed by atoms with E-state index in [4.69, 9.17) is 0 Å². The molecule has 0 bridgehead atoms. The van der Waals surface area contributed by atoms with Crippen molar-refractivity contribution >= 4 is 11.6 Å². The summed E-state index contributed by atoms with van der Waals surface area (Å²) in [4.78, 5) is 25.7. The maximum atomic E-state index is 13.1. The Morgan fingerprint density at radius 3 is 1.38 bits per heavy atom. The van der Waals surface area contributed by atoms with E-state index < -0.39 is 30.5 Å². The van der Waals surface area contributed by atoms with Gasteiger partial charge in [-0.2, -0.15) is 0 Å². The van der Waals surface area contributed by atoms with Crippen LogP contribution in [-0.2, 0) is 9.59 Å². The first-order valence-electron chi connectivity index (χ1n) is 18.1. The fourth-order valence-corrected chi connectivity index (χ4v) is 5.65. The van der Waals surface area contributed by atoms with Gasteiger partial charge in [-0.3, -0.25) is 9.59 Å². The minimum absolute atomic E-state index is 0.0892. The number of hydrogen-bond donors (Lipinski definition) is 3. The minimum atomic E-state index is -2.15. The normalized spacial score (nSPS) is 12.8. The van der Waals surface area contributed by atoms with Crippen molar-refractivity contribution in [2.24, 2.45) is 5.92 Å². The predicted octanol–water partition coefficient (Wildman–Crippen LogP) is 9.59. The highest BCUT2D eigenvalue weighted by atomic mass is 16.4. The van der Waals surface area contributed by atoms with Gasteiger partial charge in [0.15, 0.2) is 11.4 Å². The first-order valence-corrected chi connectivity index (χ1v) is 18.1. The summed E-state index contributed by atoms with van der Waals surface area (Å²) in [6.45, 7) is 2.85. The molecule has 0 amide bonds. The number of unbranched alkanes of at least 4 members (excludes halogenated alkanes) is 21. The van der Waals surface area contributed by atoms with E-state index in [1.807, 2.05) is 0 Å². The summed E-state index contributed by atoms with van der Waals surface area (Å²) < 4.78 is 0. The maximum absolute atomic E-state index is 13.1. The summed E-state index contributed by atoms with van der Waals surface area (Å²) in [7, 11) is 0. The van der Waals surface area contributed by atoms with Crippen molar-refractivity contribution in [2.45, 2.75) is 193 Å². The second-order valence-electron chi connectivity index (χ2n) is 12.8. The average Bonchev–Trinajstić information content (AvgIpc) is 3.00. The van der Waals surface area contributed by atoms with Crippen molar-refractivity contribution in [1.82, 2.24) is 0 Å². The fourth-order valence-electron chi connectivity index (χ4n) is 5.65. The summed E-state index contributed by atoms with van der Waals surface area (Å²) in [6.07, 6.45) is 34.9. The fraction of sp³-hybridized carbons (Fsp3) is 0.892. The Hall–Kier alpha value is -1.04. The lowest BCUT2D eigenvalue weighted by Crippen LogP contribution is -2.47. The van der Waals surface area contributed by atoms with E-state index in [9.17, 15) is 24.9 Å². The first-order chi connectivity index (χ1) is 20.4. The predicted molar refractivity (Wildman–Crippen MR) is 178 cm³/mol. The molecule has 0 radical (unpaired) electrons. The van der Waals surface area contributed by atoms with Gasteiger partial charge in [0.25, 0.3) is 0 Å². The van der Waals surface area contributed by atoms with Gasteiger partial charge in [-0.1, -0.05) is 148 Å². The monoisotopic (exact) mass is 595 g/mol. The zero-order valence-corrected chi connectivity index (χ0v) is 27.9. The second kappa shape index (κ2) is 30.0. The lowest BCUT2D eigenvalue weighted by atomic mass is 9.84. The smallest absolute Gasteiger partial charge is 0.169 e. The molecule has 1 atom stereocenters. The van der Waals surface area contributed by atoms with E-state index in [1.165, 1.54) is 109 Å². The average molecular weight is 595 g/mol. The van der Waals surface area contributed by atoms with Crippen molar-refractivity contribution in [2.75, 3.05) is 13.2 Å². The van der Waals surface area contributed by atoms with E-state index in [1.54, 1.807) is 0 Å². The molecule has 248 valence electrons. The van der Waals surface area contributed by atoms with E-state index in [-0.39, 0.29) is 12.2 Å². The summed E-state index contributed by atoms with van der Waals surface area (Å²) in [5, 5.41) is 29.1. The van der Waals surface area contributed by atoms with Gasteiger partial charge in [0.05, 0.1) is 13.2 Å². The van der Waals surface area contributed by atoms with Crippen LogP contribution in [0.2, 0.25) is 0 Å². The van der Waals surface area contributed by atoms with Crippen LogP contribution in [0.3, 0.4) is 0 Å². The van der Waals surface area contributed by atoms with Crippen molar-refractivity contribution in [1.29, 1.82) is 0 Å². The number of carbonyl (C=O) groups is 2. The maximum Gasteiger partial charge on any atom is 0.169 e. The number of carbonyl (C=O) groups excluding carboxylic acids is 2. The lowest BCUT2D eigenvalue weighted by Gasteiger charge is -2.24. The summed E-state index contributed by atoms with van der Waals surface area (Å²) in [5.41, 5.74) is -2.15. The third-order valence-electron chi connectivity index (χ3n) is 8.77. The molecule has 0 spiro atoms. The van der Waals surface area contributed by atoms with Crippen molar-refractivity contribution in [3.05, 3.63) is 12.2 Å². The molecule has 42 heavy (non-hydrogen) atoms. The number of Topliss-reactive ketones (excluding diaryl/α,β-unsaturated/α-hetero) is 2. The largest absolute Gasteiger partial charge is 0.393 e. The second-order valence-corrected chi connectivity index (χ2v) is 12.8. The number of ketones is 2. The molecule has 0 fully saturated rings. The number of rotatable bonds is 33. The summed E-state index contributed by atoms with van der Waals surface area (Å²) in [6, 6.07) is 0. The van der Waals surface area contributed by atoms with E-state index >= 15 is 0 Å². The number of allylic oxidation sites excluding steroid dienone is 2. The molecule has 0 heterocycles. The molecule has 0 saturated heterocycles. The van der Waals surface area contributed by atoms with E-state index in [0.717, 1.165) is 44.9 Å². The molecular formula is C37H70O5. The van der Waals surface area contributed by atoms with Crippen molar-refractivity contribution < 1.29 is 24.9 Å². The van der Waals surface area contributed by atoms with E-state index in [0.29, 0.717) is 12.8 Å². The summed E-state index contributed by atoms with van der Waals surface area (Å²) >= 11 is 0. The van der Waals surface area contributed by atoms with Gasteiger partial charge >= 0.3 is 0 Å². The third kappa shape index (κ3) is 23.4. The van der Waals surface area contributed by atoms with Crippen LogP contribution in [0.1, 0.15) is 187 Å². The highest BCUT2D eigenvalue weighted by Gasteiger charge is 2.36. The lowest BCUT2D eigenvalue weighted by molar-refractivity contribution is -0.149. The molecule has 0 aromatic carbocycles. The first kappa shape index (κ1) is 41.0. The zero-order chi connectivity index (χ0) is 31.2. The molecule has 5 nitrogen and oxygen atoms in total. The highest BCUT2D eigenvalue weighted by molar-refractivity contribution is 5.92. The molecule has 0 aliphatic rings. The highest BCUT2D eigenvalue weighted by Crippen LogP contribution is 2.23. The Balaban J connectivity index is 4.23. The number of hydrogen-bond acceptors (Lipinski definition) is 5. The Bertz CT molecular complexity index is 640. The molecule has 1 unspecified atom stereocenters. The molecular weight excluding hydrogens is 524 g/mol. The van der Waals surface area contributed by atoms with Crippen molar-refractivity contribution in [3.8, 4) is 0 Å². The molecule has 0 aliphatic carbocycles. The number of aliphatic hydroxyl groups is 3. The molecule has 0 aromatic heterocycles. The Kier molecular flexibility index (Phi) is 29.3. The van der Waals surface area contributed by atoms with Gasteiger partial charge < -0.3 is 15.3 Å². The van der Waals surface area contributed by atoms with Gasteiger partial charge in [0, 0.05) is 18.8 Å². The Labute approximate surface area is 260 Å². The quantitative estimate of drug-likeness (QED) is 0.0519. The van der Waals surface area contributed by atoms with Crippen LogP contribution in [0.15, 0.2) is 12.2 Å². The minimum Gasteiger partial charge on any atom is -0.393 e. The van der Waals surface area contributed by atoms with Crippen LogP contribution in [0.25, 0.3) is 0 Å². The van der Waals surface area contributed by atoms with Gasteiger partial charge in [0.1, 0.15) is 5.78 Å².